The Labute approximate surface area is 171 Å². The van der Waals surface area contributed by atoms with E-state index >= 15 is 0 Å². The highest BCUT2D eigenvalue weighted by Crippen LogP contribution is 2.15. The number of nitrogens with one attached hydrogen (secondary N) is 1. The van der Waals surface area contributed by atoms with Gasteiger partial charge in [0, 0.05) is 68.3 Å². The highest BCUT2D eigenvalue weighted by Gasteiger charge is 2.24. The molecule has 0 spiro atoms. The van der Waals surface area contributed by atoms with Gasteiger partial charge >= 0.3 is 0 Å². The first-order chi connectivity index (χ1) is 11.2. The first-order valence-corrected chi connectivity index (χ1v) is 9.80. The van der Waals surface area contributed by atoms with Crippen molar-refractivity contribution in [1.82, 2.24) is 15.1 Å². The molecule has 142 valence electrons. The van der Waals surface area contributed by atoms with Crippen LogP contribution >= 0.6 is 48.2 Å². The van der Waals surface area contributed by atoms with E-state index in [1.807, 2.05) is 28.8 Å². The fourth-order valence-electron chi connectivity index (χ4n) is 3.09. The minimum atomic E-state index is 0. The number of hydrogen-bond acceptors (Lipinski definition) is 4. The lowest BCUT2D eigenvalue weighted by Gasteiger charge is -2.35. The van der Waals surface area contributed by atoms with Crippen molar-refractivity contribution in [1.29, 1.82) is 0 Å². The molecule has 1 aromatic rings. The molecule has 0 bridgehead atoms. The maximum Gasteiger partial charge on any atom is 0.224 e. The normalized spacial score (nSPS) is 21.2. The van der Waals surface area contributed by atoms with E-state index in [0.29, 0.717) is 18.4 Å². The Hall–Kier alpha value is -0.170. The molecule has 4 nitrogen and oxygen atoms in total. The predicted molar refractivity (Wildman–Crippen MR) is 112 cm³/mol. The second-order valence-corrected chi connectivity index (χ2v) is 7.80. The lowest BCUT2D eigenvalue weighted by Crippen LogP contribution is -2.50. The highest BCUT2D eigenvalue weighted by atomic mass is 35.5. The Kier molecular flexibility index (Phi) is 10.5. The molecule has 1 atom stereocenters. The van der Waals surface area contributed by atoms with Crippen molar-refractivity contribution in [2.45, 2.75) is 19.0 Å². The lowest BCUT2D eigenvalue weighted by atomic mass is 10.1. The molecule has 2 aliphatic rings. The summed E-state index contributed by atoms with van der Waals surface area (Å²) in [5, 5.41) is 4.22. The summed E-state index contributed by atoms with van der Waals surface area (Å²) in [6.07, 6.45) is 0.643. The predicted octanol–water partition coefficient (Wildman–Crippen LogP) is 2.92. The second kappa shape index (κ2) is 11.5. The van der Waals surface area contributed by atoms with Crippen LogP contribution in [0.25, 0.3) is 0 Å². The first-order valence-electron chi connectivity index (χ1n) is 8.26. The molecule has 2 saturated heterocycles. The smallest absolute Gasteiger partial charge is 0.224 e. The summed E-state index contributed by atoms with van der Waals surface area (Å²) in [5.41, 5.74) is 1.28. The molecular formula is C17H26Cl3N3OS. The monoisotopic (exact) mass is 425 g/mol. The van der Waals surface area contributed by atoms with E-state index in [9.17, 15) is 4.79 Å². The highest BCUT2D eigenvalue weighted by molar-refractivity contribution is 7.99. The zero-order chi connectivity index (χ0) is 16.1. The van der Waals surface area contributed by atoms with Gasteiger partial charge in [-0.05, 0) is 17.7 Å². The molecule has 1 aromatic carbocycles. The average molecular weight is 427 g/mol. The van der Waals surface area contributed by atoms with E-state index < -0.39 is 0 Å². The van der Waals surface area contributed by atoms with Gasteiger partial charge in [-0.3, -0.25) is 9.69 Å². The molecule has 2 fully saturated rings. The third kappa shape index (κ3) is 7.16. The molecule has 25 heavy (non-hydrogen) atoms. The quantitative estimate of drug-likeness (QED) is 0.803. The van der Waals surface area contributed by atoms with E-state index in [4.69, 9.17) is 11.6 Å². The maximum absolute atomic E-state index is 12.4. The van der Waals surface area contributed by atoms with E-state index in [1.165, 1.54) is 5.56 Å². The summed E-state index contributed by atoms with van der Waals surface area (Å²) >= 11 is 7.87. The summed E-state index contributed by atoms with van der Waals surface area (Å²) in [6.45, 7) is 5.53. The number of thioether (sulfide) groups is 1. The largest absolute Gasteiger partial charge is 0.340 e. The van der Waals surface area contributed by atoms with Gasteiger partial charge in [-0.25, -0.2) is 0 Å². The van der Waals surface area contributed by atoms with E-state index in [1.54, 1.807) is 0 Å². The van der Waals surface area contributed by atoms with Crippen LogP contribution in [0.15, 0.2) is 24.3 Å². The summed E-state index contributed by atoms with van der Waals surface area (Å²) < 4.78 is 0. The van der Waals surface area contributed by atoms with Crippen LogP contribution in [0, 0.1) is 0 Å². The molecule has 0 radical (unpaired) electrons. The van der Waals surface area contributed by atoms with E-state index in [0.717, 1.165) is 55.8 Å². The molecule has 0 aliphatic carbocycles. The van der Waals surface area contributed by atoms with Crippen molar-refractivity contribution >= 4 is 54.1 Å². The Morgan fingerprint density at radius 3 is 2.44 bits per heavy atom. The van der Waals surface area contributed by atoms with Crippen molar-refractivity contribution in [2.75, 3.05) is 44.2 Å². The van der Waals surface area contributed by atoms with Gasteiger partial charge in [0.15, 0.2) is 0 Å². The third-order valence-corrected chi connectivity index (χ3v) is 5.85. The van der Waals surface area contributed by atoms with Crippen LogP contribution in [0.3, 0.4) is 0 Å². The maximum atomic E-state index is 12.4. The fourth-order valence-corrected chi connectivity index (χ4v) is 4.17. The van der Waals surface area contributed by atoms with Gasteiger partial charge in [-0.2, -0.15) is 11.8 Å². The molecule has 0 saturated carbocycles. The van der Waals surface area contributed by atoms with Crippen molar-refractivity contribution in [2.24, 2.45) is 0 Å². The molecule has 2 aliphatic heterocycles. The molecule has 1 unspecified atom stereocenters. The minimum Gasteiger partial charge on any atom is -0.340 e. The number of hydrogen-bond donors (Lipinski definition) is 1. The molecule has 3 rings (SSSR count). The minimum absolute atomic E-state index is 0. The molecular weight excluding hydrogens is 401 g/mol. The van der Waals surface area contributed by atoms with Crippen LogP contribution in [0.4, 0.5) is 0 Å². The van der Waals surface area contributed by atoms with Crippen LogP contribution in [-0.2, 0) is 11.3 Å². The van der Waals surface area contributed by atoms with Crippen LogP contribution in [0.2, 0.25) is 5.02 Å². The van der Waals surface area contributed by atoms with Gasteiger partial charge in [-0.1, -0.05) is 23.7 Å². The number of amides is 1. The number of carbonyl (C=O) groups is 1. The zero-order valence-electron chi connectivity index (χ0n) is 14.2. The van der Waals surface area contributed by atoms with Crippen LogP contribution < -0.4 is 5.32 Å². The van der Waals surface area contributed by atoms with Crippen LogP contribution in [-0.4, -0.2) is 66.0 Å². The van der Waals surface area contributed by atoms with Gasteiger partial charge < -0.3 is 10.2 Å². The Bertz CT molecular complexity index is 518. The zero-order valence-corrected chi connectivity index (χ0v) is 17.4. The van der Waals surface area contributed by atoms with Crippen molar-refractivity contribution in [3.8, 4) is 0 Å². The Morgan fingerprint density at radius 2 is 1.84 bits per heavy atom. The van der Waals surface area contributed by atoms with Gasteiger partial charge in [-0.15, -0.1) is 24.8 Å². The lowest BCUT2D eigenvalue weighted by molar-refractivity contribution is -0.133. The molecule has 8 heteroatoms. The van der Waals surface area contributed by atoms with Crippen molar-refractivity contribution in [3.05, 3.63) is 34.9 Å². The molecule has 2 heterocycles. The van der Waals surface area contributed by atoms with Gasteiger partial charge in [0.1, 0.15) is 0 Å². The first kappa shape index (κ1) is 22.9. The second-order valence-electron chi connectivity index (χ2n) is 6.21. The third-order valence-electron chi connectivity index (χ3n) is 4.46. The van der Waals surface area contributed by atoms with E-state index in [-0.39, 0.29) is 24.8 Å². The Morgan fingerprint density at radius 1 is 1.16 bits per heavy atom. The molecule has 1 amide bonds. The number of rotatable bonds is 4. The fraction of sp³-hybridized carbons (Fsp3) is 0.588. The van der Waals surface area contributed by atoms with Crippen LogP contribution in [0.5, 0.6) is 0 Å². The van der Waals surface area contributed by atoms with Crippen LogP contribution in [0.1, 0.15) is 12.0 Å². The van der Waals surface area contributed by atoms with Gasteiger partial charge in [0.25, 0.3) is 0 Å². The van der Waals surface area contributed by atoms with Crippen molar-refractivity contribution in [3.63, 3.8) is 0 Å². The number of halogens is 3. The van der Waals surface area contributed by atoms with Crippen molar-refractivity contribution < 1.29 is 4.79 Å². The standard InChI is InChI=1S/C17H24ClN3OS.2ClH/c18-15-3-1-14(2-4-15)12-20-6-8-21(9-7-20)17(22)11-16-13-23-10-5-19-16;;/h1-4,16,19H,5-13H2;2*1H. The van der Waals surface area contributed by atoms with Gasteiger partial charge in [0.05, 0.1) is 0 Å². The van der Waals surface area contributed by atoms with Gasteiger partial charge in [0.2, 0.25) is 5.91 Å². The molecule has 0 aromatic heterocycles. The number of benzene rings is 1. The number of nitrogens with zero attached hydrogens (tertiary/aromatic N) is 2. The number of piperazine rings is 1. The topological polar surface area (TPSA) is 35.6 Å². The summed E-state index contributed by atoms with van der Waals surface area (Å²) in [4.78, 5) is 16.8. The Balaban J connectivity index is 0.00000156. The summed E-state index contributed by atoms with van der Waals surface area (Å²) in [6, 6.07) is 8.38. The summed E-state index contributed by atoms with van der Waals surface area (Å²) in [7, 11) is 0. The molecule has 1 N–H and O–H groups in total. The van der Waals surface area contributed by atoms with E-state index in [2.05, 4.69) is 22.3 Å². The summed E-state index contributed by atoms with van der Waals surface area (Å²) in [5.74, 6) is 2.52. The average Bonchev–Trinajstić information content (AvgIpc) is 2.58. The number of carbonyl (C=O) groups excluding carboxylic acids is 1. The SMILES string of the molecule is Cl.Cl.O=C(CC1CSCCN1)N1CCN(Cc2ccc(Cl)cc2)CC1.